The van der Waals surface area contributed by atoms with Crippen LogP contribution in [0.2, 0.25) is 0 Å². The highest BCUT2D eigenvalue weighted by Gasteiger charge is 2.30. The Balaban J connectivity index is 1.16. The summed E-state index contributed by atoms with van der Waals surface area (Å²) in [6.45, 7) is 1.66. The number of amides is 2. The van der Waals surface area contributed by atoms with Crippen LogP contribution in [0, 0.1) is 0 Å². The number of benzene rings is 1. The van der Waals surface area contributed by atoms with Crippen molar-refractivity contribution in [1.82, 2.24) is 44.0 Å². The standard InChI is InChI=1S/C33H42F2N10O4S/c1-40(2)28(46)20-41-11-7-22(8-12-41)42-13-15-43(16-14-42)29(47)21-44-19-26(38-32(48)25-18-37-45-10-4-9-36-31(25)45)30(39-44)24-17-23(50-3)5-6-27(24)49-33(34)35/h4-6,9-10,17-19,22,32-33,38,48H,7-8,11-16,20-21H2,1-3H3. The fourth-order valence-corrected chi connectivity index (χ4v) is 6.88. The number of piperidine rings is 1. The molecule has 1 unspecified atom stereocenters. The molecule has 268 valence electrons. The van der Waals surface area contributed by atoms with E-state index < -0.39 is 12.8 Å². The van der Waals surface area contributed by atoms with Crippen molar-refractivity contribution in [3.8, 4) is 17.0 Å². The van der Waals surface area contributed by atoms with Gasteiger partial charge in [-0.1, -0.05) is 0 Å². The lowest BCUT2D eigenvalue weighted by Crippen LogP contribution is -2.55. The van der Waals surface area contributed by atoms with Crippen LogP contribution in [-0.4, -0.2) is 140 Å². The Bertz CT molecular complexity index is 1790. The molecule has 2 fully saturated rings. The lowest BCUT2D eigenvalue weighted by Gasteiger charge is -2.42. The topological polar surface area (TPSA) is 137 Å². The Morgan fingerprint density at radius 2 is 1.88 bits per heavy atom. The summed E-state index contributed by atoms with van der Waals surface area (Å²) in [4.78, 5) is 38.8. The number of fused-ring (bicyclic) bond motifs is 1. The molecule has 5 heterocycles. The number of carbonyl (C=O) groups excluding carboxylic acids is 2. The molecule has 1 aromatic carbocycles. The van der Waals surface area contributed by atoms with Crippen molar-refractivity contribution in [3.05, 3.63) is 54.6 Å². The van der Waals surface area contributed by atoms with E-state index in [-0.39, 0.29) is 35.4 Å². The molecule has 0 saturated carbocycles. The Hall–Kier alpha value is -4.32. The largest absolute Gasteiger partial charge is 0.434 e. The van der Waals surface area contributed by atoms with E-state index in [1.165, 1.54) is 33.2 Å². The molecule has 2 amide bonds. The third-order valence-electron chi connectivity index (χ3n) is 9.21. The summed E-state index contributed by atoms with van der Waals surface area (Å²) in [6.07, 6.45) is 8.90. The Labute approximate surface area is 293 Å². The minimum Gasteiger partial charge on any atom is -0.434 e. The monoisotopic (exact) mass is 712 g/mol. The van der Waals surface area contributed by atoms with Gasteiger partial charge in [-0.3, -0.25) is 24.1 Å². The molecule has 6 rings (SSSR count). The number of nitrogens with one attached hydrogen (secondary N) is 1. The third kappa shape index (κ3) is 8.17. The summed E-state index contributed by atoms with van der Waals surface area (Å²) in [7, 11) is 3.55. The fraction of sp³-hybridized carbons (Fsp3) is 0.485. The molecule has 14 nitrogen and oxygen atoms in total. The predicted octanol–water partition coefficient (Wildman–Crippen LogP) is 2.72. The van der Waals surface area contributed by atoms with Gasteiger partial charge in [0.1, 0.15) is 18.0 Å². The number of nitrogens with zero attached hydrogens (tertiary/aromatic N) is 9. The second-order valence-electron chi connectivity index (χ2n) is 12.6. The van der Waals surface area contributed by atoms with Crippen LogP contribution in [0.15, 0.2) is 53.9 Å². The van der Waals surface area contributed by atoms with E-state index in [9.17, 15) is 23.5 Å². The molecule has 0 aliphatic carbocycles. The second kappa shape index (κ2) is 15.7. The molecule has 0 bridgehead atoms. The van der Waals surface area contributed by atoms with Crippen molar-refractivity contribution >= 4 is 34.9 Å². The number of aliphatic hydroxyl groups excluding tert-OH is 1. The van der Waals surface area contributed by atoms with Gasteiger partial charge in [0, 0.05) is 88.5 Å². The Morgan fingerprint density at radius 1 is 1.12 bits per heavy atom. The van der Waals surface area contributed by atoms with Crippen LogP contribution in [0.3, 0.4) is 0 Å². The predicted molar refractivity (Wildman–Crippen MR) is 184 cm³/mol. The number of likely N-dealkylation sites (tertiary alicyclic amines) is 1. The highest BCUT2D eigenvalue weighted by molar-refractivity contribution is 7.98. The number of ether oxygens (including phenoxy) is 1. The number of alkyl halides is 2. The van der Waals surface area contributed by atoms with Crippen LogP contribution in [0.25, 0.3) is 16.9 Å². The zero-order valence-electron chi connectivity index (χ0n) is 28.3. The number of hydrogen-bond acceptors (Lipinski definition) is 11. The van der Waals surface area contributed by atoms with Gasteiger partial charge in [-0.25, -0.2) is 9.50 Å². The molecular formula is C33H42F2N10O4S. The van der Waals surface area contributed by atoms with E-state index in [0.29, 0.717) is 42.6 Å². The van der Waals surface area contributed by atoms with Gasteiger partial charge in [-0.15, -0.1) is 11.8 Å². The molecule has 0 spiro atoms. The Morgan fingerprint density at radius 3 is 2.58 bits per heavy atom. The SMILES string of the molecule is CSc1ccc(OC(F)F)c(-c2nn(CC(=O)N3CCN(C4CCN(CC(=O)N(C)C)CC4)CC3)cc2NC(O)c2cnn3cccnc23)c1. The van der Waals surface area contributed by atoms with Crippen molar-refractivity contribution in [2.24, 2.45) is 0 Å². The maximum Gasteiger partial charge on any atom is 0.387 e. The number of thioether (sulfide) groups is 1. The van der Waals surface area contributed by atoms with Crippen molar-refractivity contribution in [3.63, 3.8) is 0 Å². The van der Waals surface area contributed by atoms with Crippen molar-refractivity contribution in [2.75, 3.05) is 71.5 Å². The highest BCUT2D eigenvalue weighted by atomic mass is 32.2. The maximum atomic E-state index is 13.6. The molecule has 3 aromatic heterocycles. The molecule has 1 atom stereocenters. The molecule has 2 aliphatic rings. The minimum absolute atomic E-state index is 0.0872. The quantitative estimate of drug-likeness (QED) is 0.166. The zero-order chi connectivity index (χ0) is 35.4. The van der Waals surface area contributed by atoms with Crippen LogP contribution < -0.4 is 10.1 Å². The van der Waals surface area contributed by atoms with Gasteiger partial charge in [0.05, 0.1) is 24.0 Å². The number of aromatic nitrogens is 5. The van der Waals surface area contributed by atoms with Gasteiger partial charge in [-0.2, -0.15) is 19.0 Å². The van der Waals surface area contributed by atoms with E-state index in [2.05, 4.69) is 30.3 Å². The summed E-state index contributed by atoms with van der Waals surface area (Å²) in [5.74, 6) is -0.105. The van der Waals surface area contributed by atoms with Crippen LogP contribution in [0.1, 0.15) is 24.6 Å². The number of carbonyl (C=O) groups is 2. The van der Waals surface area contributed by atoms with E-state index in [0.717, 1.165) is 43.9 Å². The number of anilines is 1. The molecule has 2 aliphatic heterocycles. The highest BCUT2D eigenvalue weighted by Crippen LogP contribution is 2.38. The average Bonchev–Trinajstić information content (AvgIpc) is 3.72. The maximum absolute atomic E-state index is 13.6. The molecule has 17 heteroatoms. The van der Waals surface area contributed by atoms with Gasteiger partial charge in [-0.05, 0) is 43.4 Å². The van der Waals surface area contributed by atoms with E-state index in [1.807, 2.05) is 11.2 Å². The first-order chi connectivity index (χ1) is 24.1. The number of hydrogen-bond donors (Lipinski definition) is 2. The number of aliphatic hydroxyl groups is 1. The third-order valence-corrected chi connectivity index (χ3v) is 9.93. The van der Waals surface area contributed by atoms with Gasteiger partial charge in [0.2, 0.25) is 11.8 Å². The normalized spacial score (nSPS) is 17.0. The lowest BCUT2D eigenvalue weighted by molar-refractivity contribution is -0.134. The van der Waals surface area contributed by atoms with Crippen molar-refractivity contribution < 1.29 is 28.2 Å². The van der Waals surface area contributed by atoms with Gasteiger partial charge in [0.25, 0.3) is 0 Å². The number of halogens is 2. The Kier molecular flexibility index (Phi) is 11.2. The van der Waals surface area contributed by atoms with Crippen LogP contribution in [0.5, 0.6) is 5.75 Å². The summed E-state index contributed by atoms with van der Waals surface area (Å²) >= 11 is 1.43. The second-order valence-corrected chi connectivity index (χ2v) is 13.5. The van der Waals surface area contributed by atoms with E-state index in [4.69, 9.17) is 4.74 Å². The minimum atomic E-state index is -3.07. The number of rotatable bonds is 12. The number of piperazine rings is 1. The number of likely N-dealkylation sites (N-methyl/N-ethyl adjacent to an activating group) is 1. The zero-order valence-corrected chi connectivity index (χ0v) is 29.1. The smallest absolute Gasteiger partial charge is 0.387 e. The van der Waals surface area contributed by atoms with E-state index in [1.54, 1.807) is 55.8 Å². The van der Waals surface area contributed by atoms with Crippen LogP contribution >= 0.6 is 11.8 Å². The van der Waals surface area contributed by atoms with Crippen molar-refractivity contribution in [1.29, 1.82) is 0 Å². The van der Waals surface area contributed by atoms with Gasteiger partial charge in [0.15, 0.2) is 11.9 Å². The van der Waals surface area contributed by atoms with Crippen LogP contribution in [-0.2, 0) is 16.1 Å². The summed E-state index contributed by atoms with van der Waals surface area (Å²) in [6, 6.07) is 6.95. The summed E-state index contributed by atoms with van der Waals surface area (Å²) in [5.41, 5.74) is 1.65. The first-order valence-corrected chi connectivity index (χ1v) is 17.7. The van der Waals surface area contributed by atoms with Gasteiger partial charge >= 0.3 is 6.61 Å². The van der Waals surface area contributed by atoms with Crippen LogP contribution in [0.4, 0.5) is 14.5 Å². The average molecular weight is 713 g/mol. The fourth-order valence-electron chi connectivity index (χ4n) is 6.44. The molecular weight excluding hydrogens is 670 g/mol. The molecule has 0 radical (unpaired) electrons. The van der Waals surface area contributed by atoms with Gasteiger partial charge < -0.3 is 25.0 Å². The first kappa shape index (κ1) is 35.5. The molecule has 2 saturated heterocycles. The van der Waals surface area contributed by atoms with Crippen molar-refractivity contribution in [2.45, 2.75) is 43.2 Å². The molecule has 50 heavy (non-hydrogen) atoms. The molecule has 4 aromatic rings. The summed E-state index contributed by atoms with van der Waals surface area (Å²) in [5, 5.41) is 23.2. The lowest BCUT2D eigenvalue weighted by atomic mass is 10.0. The first-order valence-electron chi connectivity index (χ1n) is 16.5. The molecule has 2 N–H and O–H groups in total. The summed E-state index contributed by atoms with van der Waals surface area (Å²) < 4.78 is 34.8. The van der Waals surface area contributed by atoms with E-state index >= 15 is 0 Å².